The molecule has 2 aliphatic rings. The van der Waals surface area contributed by atoms with Gasteiger partial charge in [0, 0.05) is 32.6 Å². The van der Waals surface area contributed by atoms with Crippen molar-refractivity contribution >= 4 is 5.95 Å². The highest BCUT2D eigenvalue weighted by Crippen LogP contribution is 2.18. The zero-order valence-electron chi connectivity index (χ0n) is 16.7. The van der Waals surface area contributed by atoms with Crippen molar-refractivity contribution in [1.82, 2.24) is 35.1 Å². The van der Waals surface area contributed by atoms with Crippen molar-refractivity contribution in [2.45, 2.75) is 26.1 Å². The Morgan fingerprint density at radius 2 is 1.90 bits per heavy atom. The number of hydrogen-bond donors (Lipinski definition) is 1. The summed E-state index contributed by atoms with van der Waals surface area (Å²) in [5.74, 6) is 1.44. The second kappa shape index (κ2) is 8.33. The van der Waals surface area contributed by atoms with Crippen molar-refractivity contribution in [2.24, 2.45) is 0 Å². The topological polar surface area (TPSA) is 105 Å². The number of nitrogens with one attached hydrogen (secondary N) is 1. The zero-order chi connectivity index (χ0) is 20.3. The highest BCUT2D eigenvalue weighted by molar-refractivity contribution is 5.34. The van der Waals surface area contributed by atoms with Gasteiger partial charge in [0.15, 0.2) is 5.82 Å². The molecule has 1 N–H and O–H groups in total. The molecule has 0 unspecified atom stereocenters. The van der Waals surface area contributed by atoms with E-state index in [2.05, 4.69) is 42.4 Å². The third-order valence-corrected chi connectivity index (χ3v) is 5.59. The number of H-pyrrole nitrogens is 1. The van der Waals surface area contributed by atoms with Crippen LogP contribution in [0.15, 0.2) is 35.1 Å². The molecule has 0 spiro atoms. The maximum atomic E-state index is 12.8. The lowest BCUT2D eigenvalue weighted by Gasteiger charge is -2.30. The van der Waals surface area contributed by atoms with Crippen molar-refractivity contribution in [3.63, 3.8) is 0 Å². The number of nitrogens with zero attached hydrogens (tertiary/aromatic N) is 7. The first-order valence-corrected chi connectivity index (χ1v) is 10.2. The van der Waals surface area contributed by atoms with E-state index in [9.17, 15) is 4.79 Å². The van der Waals surface area contributed by atoms with Crippen LogP contribution < -0.4 is 10.5 Å². The molecule has 5 rings (SSSR count). The average Bonchev–Trinajstić information content (AvgIpc) is 3.22. The molecule has 1 saturated heterocycles. The monoisotopic (exact) mass is 408 g/mol. The summed E-state index contributed by atoms with van der Waals surface area (Å²) in [6.45, 7) is 5.38. The van der Waals surface area contributed by atoms with Crippen molar-refractivity contribution in [2.75, 3.05) is 37.7 Å². The van der Waals surface area contributed by atoms with Crippen LogP contribution in [-0.4, -0.2) is 67.9 Å². The second-order valence-electron chi connectivity index (χ2n) is 7.61. The smallest absolute Gasteiger partial charge is 0.257 e. The summed E-state index contributed by atoms with van der Waals surface area (Å²) in [5, 5.41) is 12.2. The van der Waals surface area contributed by atoms with Gasteiger partial charge in [-0.3, -0.25) is 14.7 Å². The molecule has 30 heavy (non-hydrogen) atoms. The molecule has 2 aromatic heterocycles. The molecule has 0 radical (unpaired) electrons. The molecule has 4 heterocycles. The van der Waals surface area contributed by atoms with Crippen LogP contribution >= 0.6 is 0 Å². The van der Waals surface area contributed by atoms with Gasteiger partial charge in [-0.25, -0.2) is 9.67 Å². The predicted molar refractivity (Wildman–Crippen MR) is 109 cm³/mol. The van der Waals surface area contributed by atoms with Gasteiger partial charge < -0.3 is 9.64 Å². The number of fused-ring (bicyclic) bond motifs is 1. The first-order valence-electron chi connectivity index (χ1n) is 10.2. The van der Waals surface area contributed by atoms with Gasteiger partial charge in [0.2, 0.25) is 5.95 Å². The van der Waals surface area contributed by atoms with E-state index in [0.29, 0.717) is 38.8 Å². The minimum Gasteiger partial charge on any atom is -0.378 e. The molecule has 0 atom stereocenters. The van der Waals surface area contributed by atoms with Crippen molar-refractivity contribution < 1.29 is 4.74 Å². The van der Waals surface area contributed by atoms with E-state index in [1.54, 1.807) is 0 Å². The molecule has 156 valence electrons. The fraction of sp³-hybridized carbons (Fsp3) is 0.450. The Hall–Kier alpha value is -3.11. The van der Waals surface area contributed by atoms with Crippen molar-refractivity contribution in [3.8, 4) is 0 Å². The highest BCUT2D eigenvalue weighted by Gasteiger charge is 2.24. The van der Waals surface area contributed by atoms with Gasteiger partial charge in [-0.05, 0) is 16.0 Å². The summed E-state index contributed by atoms with van der Waals surface area (Å²) in [6, 6.07) is 10.1. The highest BCUT2D eigenvalue weighted by atomic mass is 16.5. The van der Waals surface area contributed by atoms with Crippen LogP contribution in [0.3, 0.4) is 0 Å². The maximum Gasteiger partial charge on any atom is 0.257 e. The summed E-state index contributed by atoms with van der Waals surface area (Å²) < 4.78 is 7.20. The van der Waals surface area contributed by atoms with Crippen molar-refractivity contribution in [1.29, 1.82) is 0 Å². The zero-order valence-corrected chi connectivity index (χ0v) is 16.7. The summed E-state index contributed by atoms with van der Waals surface area (Å²) in [5.41, 5.74) is 2.71. The quantitative estimate of drug-likeness (QED) is 0.638. The number of ether oxygens (including phenoxy) is 1. The number of hydrogen-bond acceptors (Lipinski definition) is 8. The second-order valence-corrected chi connectivity index (χ2v) is 7.61. The molecule has 0 amide bonds. The molecule has 3 aromatic rings. The van der Waals surface area contributed by atoms with Crippen molar-refractivity contribution in [3.05, 3.63) is 63.3 Å². The summed E-state index contributed by atoms with van der Waals surface area (Å²) >= 11 is 0. The minimum atomic E-state index is -0.0601. The average molecular weight is 408 g/mol. The molecule has 0 saturated carbocycles. The van der Waals surface area contributed by atoms with E-state index in [4.69, 9.17) is 9.72 Å². The molecular formula is C20H24N8O2. The van der Waals surface area contributed by atoms with Gasteiger partial charge in [0.25, 0.3) is 5.56 Å². The third kappa shape index (κ3) is 3.96. The molecule has 2 aliphatic heterocycles. The molecule has 0 bridgehead atoms. The molecule has 0 aliphatic carbocycles. The van der Waals surface area contributed by atoms with E-state index >= 15 is 0 Å². The molecule has 1 aromatic carbocycles. The third-order valence-electron chi connectivity index (χ3n) is 5.59. The van der Waals surface area contributed by atoms with Crippen LogP contribution in [0.25, 0.3) is 0 Å². The number of tetrazole rings is 1. The molecular weight excluding hydrogens is 384 g/mol. The first-order chi connectivity index (χ1) is 14.8. The number of rotatable bonds is 5. The Kier molecular flexibility index (Phi) is 5.24. The van der Waals surface area contributed by atoms with E-state index in [0.717, 1.165) is 48.7 Å². The molecule has 1 fully saturated rings. The minimum absolute atomic E-state index is 0.0601. The normalized spacial score (nSPS) is 17.1. The van der Waals surface area contributed by atoms with Crippen LogP contribution in [0.5, 0.6) is 0 Å². The Balaban J connectivity index is 1.30. The van der Waals surface area contributed by atoms with Crippen LogP contribution in [0.2, 0.25) is 0 Å². The molecule has 10 heteroatoms. The summed E-state index contributed by atoms with van der Waals surface area (Å²) in [4.78, 5) is 24.7. The van der Waals surface area contributed by atoms with Crippen LogP contribution in [0, 0.1) is 0 Å². The predicted octanol–water partition coefficient (Wildman–Crippen LogP) is 0.200. The SMILES string of the molecule is O=c1[nH]c(N2CCOCC2)nc2c1CN(Cc1nnnn1Cc1ccccc1)CC2. The lowest BCUT2D eigenvalue weighted by Crippen LogP contribution is -2.41. The largest absolute Gasteiger partial charge is 0.378 e. The number of morpholine rings is 1. The van der Waals surface area contributed by atoms with Gasteiger partial charge in [-0.2, -0.15) is 0 Å². The Morgan fingerprint density at radius 1 is 1.07 bits per heavy atom. The van der Waals surface area contributed by atoms with E-state index in [-0.39, 0.29) is 5.56 Å². The van der Waals surface area contributed by atoms with Gasteiger partial charge in [0.1, 0.15) is 0 Å². The fourth-order valence-corrected chi connectivity index (χ4v) is 3.94. The number of aromatic amines is 1. The first kappa shape index (κ1) is 18.9. The van der Waals surface area contributed by atoms with Gasteiger partial charge in [-0.1, -0.05) is 30.3 Å². The van der Waals surface area contributed by atoms with Gasteiger partial charge in [-0.15, -0.1) is 5.10 Å². The van der Waals surface area contributed by atoms with E-state index in [1.807, 2.05) is 22.9 Å². The van der Waals surface area contributed by atoms with Gasteiger partial charge >= 0.3 is 0 Å². The number of aromatic nitrogens is 6. The Labute approximate surface area is 173 Å². The summed E-state index contributed by atoms with van der Waals surface area (Å²) in [6.07, 6.45) is 0.733. The van der Waals surface area contributed by atoms with E-state index in [1.165, 1.54) is 0 Å². The lowest BCUT2D eigenvalue weighted by atomic mass is 10.1. The fourth-order valence-electron chi connectivity index (χ4n) is 3.94. The Morgan fingerprint density at radius 3 is 2.73 bits per heavy atom. The number of anilines is 1. The van der Waals surface area contributed by atoms with Crippen LogP contribution in [0.1, 0.15) is 22.6 Å². The van der Waals surface area contributed by atoms with Gasteiger partial charge in [0.05, 0.1) is 37.6 Å². The number of benzene rings is 1. The standard InChI is InChI=1S/C20H24N8O2/c29-19-16-13-26(7-6-17(16)21-20(22-19)27-8-10-30-11-9-27)14-18-23-24-25-28(18)12-15-4-2-1-3-5-15/h1-5H,6-14H2,(H,21,22,29). The van der Waals surface area contributed by atoms with E-state index < -0.39 is 0 Å². The van der Waals surface area contributed by atoms with Crippen LogP contribution in [-0.2, 0) is 30.8 Å². The van der Waals surface area contributed by atoms with Crippen LogP contribution in [0.4, 0.5) is 5.95 Å². The maximum absolute atomic E-state index is 12.8. The Bertz CT molecular complexity index is 1060. The lowest BCUT2D eigenvalue weighted by molar-refractivity contribution is 0.122. The molecule has 10 nitrogen and oxygen atoms in total. The summed E-state index contributed by atoms with van der Waals surface area (Å²) in [7, 11) is 0.